The van der Waals surface area contributed by atoms with Crippen LogP contribution in [0.25, 0.3) is 0 Å². The van der Waals surface area contributed by atoms with E-state index < -0.39 is 0 Å². The number of hydrogen-bond donors (Lipinski definition) is 1. The van der Waals surface area contributed by atoms with Gasteiger partial charge in [-0.15, -0.1) is 0 Å². The molecule has 1 heterocycles. The second-order valence-corrected chi connectivity index (χ2v) is 7.39. The molecule has 1 N–H and O–H groups in total. The summed E-state index contributed by atoms with van der Waals surface area (Å²) in [6.07, 6.45) is 0.937. The molecule has 1 fully saturated rings. The average molecular weight is 413 g/mol. The maximum Gasteiger partial charge on any atom is 0.238 e. The average Bonchev–Trinajstić information content (AvgIpc) is 2.74. The number of piperazine rings is 1. The Bertz CT molecular complexity index is 843. The first-order valence-corrected chi connectivity index (χ1v) is 10.1. The van der Waals surface area contributed by atoms with E-state index >= 15 is 0 Å². The van der Waals surface area contributed by atoms with Crippen molar-refractivity contribution in [2.24, 2.45) is 0 Å². The van der Waals surface area contributed by atoms with E-state index in [0.29, 0.717) is 29.4 Å². The van der Waals surface area contributed by atoms with E-state index in [1.807, 2.05) is 24.3 Å². The lowest BCUT2D eigenvalue weighted by Crippen LogP contribution is -2.48. The fraction of sp³-hybridized carbons (Fsp3) is 0.364. The van der Waals surface area contributed by atoms with Gasteiger partial charge in [-0.2, -0.15) is 5.26 Å². The molecule has 0 aromatic heterocycles. The van der Waals surface area contributed by atoms with Gasteiger partial charge in [-0.3, -0.25) is 9.69 Å². The molecule has 152 valence electrons. The quantitative estimate of drug-likeness (QED) is 0.674. The first-order chi connectivity index (χ1) is 14.1. The fourth-order valence-electron chi connectivity index (χ4n) is 3.23. The van der Waals surface area contributed by atoms with Crippen LogP contribution in [0.1, 0.15) is 12.0 Å². The van der Waals surface area contributed by atoms with Gasteiger partial charge in [0.15, 0.2) is 0 Å². The Hall–Kier alpha value is -2.59. The minimum Gasteiger partial charge on any atom is -0.494 e. The van der Waals surface area contributed by atoms with Gasteiger partial charge in [0.05, 0.1) is 35.5 Å². The van der Waals surface area contributed by atoms with Gasteiger partial charge in [-0.05, 0) is 42.8 Å². The zero-order valence-electron chi connectivity index (χ0n) is 16.3. The van der Waals surface area contributed by atoms with Crippen LogP contribution in [0.15, 0.2) is 48.5 Å². The number of carbonyl (C=O) groups is 1. The van der Waals surface area contributed by atoms with Crippen molar-refractivity contribution < 1.29 is 9.53 Å². The predicted molar refractivity (Wildman–Crippen MR) is 114 cm³/mol. The van der Waals surface area contributed by atoms with Crippen LogP contribution in [-0.2, 0) is 4.79 Å². The second-order valence-electron chi connectivity index (χ2n) is 6.98. The third-order valence-corrected chi connectivity index (χ3v) is 5.18. The minimum atomic E-state index is -0.0395. The molecule has 6 nitrogen and oxygen atoms in total. The maximum atomic E-state index is 12.2. The van der Waals surface area contributed by atoms with Gasteiger partial charge in [0.1, 0.15) is 5.75 Å². The van der Waals surface area contributed by atoms with Crippen molar-refractivity contribution in [3.05, 3.63) is 59.1 Å². The molecular formula is C22H25ClN4O2. The summed E-state index contributed by atoms with van der Waals surface area (Å²) in [5.41, 5.74) is 1.29. The molecule has 3 rings (SSSR count). The number of halogens is 1. The highest BCUT2D eigenvalue weighted by atomic mass is 35.5. The SMILES string of the molecule is N#Cc1ccc(OCCCN2CCN(CC(=O)Nc3ccccc3Cl)CC2)cc1. The standard InChI is InChI=1S/C22H25ClN4O2/c23-20-4-1-2-5-21(20)25-22(28)17-27-13-11-26(12-14-27)10-3-15-29-19-8-6-18(16-24)7-9-19/h1-2,4-9H,3,10-15,17H2,(H,25,28). The smallest absolute Gasteiger partial charge is 0.238 e. The number of rotatable bonds is 8. The lowest BCUT2D eigenvalue weighted by atomic mass is 10.2. The Labute approximate surface area is 176 Å². The van der Waals surface area contributed by atoms with Crippen molar-refractivity contribution in [2.75, 3.05) is 51.2 Å². The molecule has 29 heavy (non-hydrogen) atoms. The predicted octanol–water partition coefficient (Wildman–Crippen LogP) is 3.24. The topological polar surface area (TPSA) is 68.6 Å². The van der Waals surface area contributed by atoms with Crippen LogP contribution in [0.3, 0.4) is 0 Å². The summed E-state index contributed by atoms with van der Waals surface area (Å²) in [7, 11) is 0. The molecule has 0 saturated carbocycles. The minimum absolute atomic E-state index is 0.0395. The van der Waals surface area contributed by atoms with E-state index in [2.05, 4.69) is 21.2 Å². The molecule has 0 bridgehead atoms. The molecule has 7 heteroatoms. The van der Waals surface area contributed by atoms with Crippen LogP contribution in [0, 0.1) is 11.3 Å². The van der Waals surface area contributed by atoms with Crippen molar-refractivity contribution in [3.63, 3.8) is 0 Å². The number of para-hydroxylation sites is 1. The first kappa shape index (κ1) is 21.1. The van der Waals surface area contributed by atoms with Crippen LogP contribution < -0.4 is 10.1 Å². The molecule has 0 atom stereocenters. The zero-order valence-corrected chi connectivity index (χ0v) is 17.1. The molecule has 0 unspecified atom stereocenters. The highest BCUT2D eigenvalue weighted by Crippen LogP contribution is 2.20. The number of nitrogens with zero attached hydrogens (tertiary/aromatic N) is 3. The number of hydrogen-bond acceptors (Lipinski definition) is 5. The Balaban J connectivity index is 1.30. The third kappa shape index (κ3) is 6.75. The largest absolute Gasteiger partial charge is 0.494 e. The number of anilines is 1. The normalized spacial score (nSPS) is 14.9. The first-order valence-electron chi connectivity index (χ1n) is 9.76. The molecule has 1 aliphatic rings. The number of ether oxygens (including phenoxy) is 1. The van der Waals surface area contributed by atoms with E-state index in [-0.39, 0.29) is 5.91 Å². The van der Waals surface area contributed by atoms with Crippen LogP contribution in [-0.4, -0.2) is 61.6 Å². The number of carbonyl (C=O) groups excluding carboxylic acids is 1. The van der Waals surface area contributed by atoms with E-state index in [9.17, 15) is 4.79 Å². The van der Waals surface area contributed by atoms with Gasteiger partial charge in [-0.25, -0.2) is 0 Å². The van der Waals surface area contributed by atoms with Crippen LogP contribution in [0.5, 0.6) is 5.75 Å². The Morgan fingerprint density at radius 3 is 2.45 bits per heavy atom. The van der Waals surface area contributed by atoms with Gasteiger partial charge in [0.2, 0.25) is 5.91 Å². The van der Waals surface area contributed by atoms with Gasteiger partial charge < -0.3 is 15.0 Å². The zero-order chi connectivity index (χ0) is 20.5. The summed E-state index contributed by atoms with van der Waals surface area (Å²) in [6, 6.07) is 16.5. The van der Waals surface area contributed by atoms with Crippen molar-refractivity contribution in [3.8, 4) is 11.8 Å². The van der Waals surface area contributed by atoms with Gasteiger partial charge in [0.25, 0.3) is 0 Å². The monoisotopic (exact) mass is 412 g/mol. The molecule has 1 aliphatic heterocycles. The summed E-state index contributed by atoms with van der Waals surface area (Å²) >= 11 is 6.09. The van der Waals surface area contributed by atoms with E-state index in [1.165, 1.54) is 0 Å². The summed E-state index contributed by atoms with van der Waals surface area (Å²) < 4.78 is 5.73. The van der Waals surface area contributed by atoms with Crippen molar-refractivity contribution in [1.29, 1.82) is 5.26 Å². The van der Waals surface area contributed by atoms with E-state index in [0.717, 1.165) is 44.9 Å². The number of nitrogens with one attached hydrogen (secondary N) is 1. The summed E-state index contributed by atoms with van der Waals surface area (Å²) in [6.45, 7) is 5.61. The summed E-state index contributed by atoms with van der Waals surface area (Å²) in [5, 5.41) is 12.2. The second kappa shape index (κ2) is 10.8. The Kier molecular flexibility index (Phi) is 7.88. The van der Waals surface area contributed by atoms with Gasteiger partial charge in [-0.1, -0.05) is 23.7 Å². The fourth-order valence-corrected chi connectivity index (χ4v) is 3.41. The van der Waals surface area contributed by atoms with E-state index in [1.54, 1.807) is 24.3 Å². The highest BCUT2D eigenvalue weighted by Gasteiger charge is 2.19. The third-order valence-electron chi connectivity index (χ3n) is 4.85. The lowest BCUT2D eigenvalue weighted by Gasteiger charge is -2.34. The maximum absolute atomic E-state index is 12.2. The van der Waals surface area contributed by atoms with Crippen LogP contribution in [0.2, 0.25) is 5.02 Å². The van der Waals surface area contributed by atoms with Crippen molar-refractivity contribution >= 4 is 23.2 Å². The van der Waals surface area contributed by atoms with Crippen LogP contribution in [0.4, 0.5) is 5.69 Å². The van der Waals surface area contributed by atoms with Crippen LogP contribution >= 0.6 is 11.6 Å². The van der Waals surface area contributed by atoms with Gasteiger partial charge >= 0.3 is 0 Å². The molecular weight excluding hydrogens is 388 g/mol. The molecule has 1 amide bonds. The summed E-state index contributed by atoms with van der Waals surface area (Å²) in [5.74, 6) is 0.751. The Morgan fingerprint density at radius 2 is 1.76 bits per heavy atom. The van der Waals surface area contributed by atoms with Gasteiger partial charge in [0, 0.05) is 32.7 Å². The molecule has 1 saturated heterocycles. The molecule has 2 aromatic rings. The molecule has 0 radical (unpaired) electrons. The number of amides is 1. The highest BCUT2D eigenvalue weighted by molar-refractivity contribution is 6.33. The molecule has 0 aliphatic carbocycles. The lowest BCUT2D eigenvalue weighted by molar-refractivity contribution is -0.117. The molecule has 0 spiro atoms. The number of nitriles is 1. The van der Waals surface area contributed by atoms with Crippen molar-refractivity contribution in [2.45, 2.75) is 6.42 Å². The Morgan fingerprint density at radius 1 is 1.07 bits per heavy atom. The van der Waals surface area contributed by atoms with E-state index in [4.69, 9.17) is 21.6 Å². The van der Waals surface area contributed by atoms with Crippen molar-refractivity contribution in [1.82, 2.24) is 9.80 Å². The molecule has 2 aromatic carbocycles. The number of benzene rings is 2. The summed E-state index contributed by atoms with van der Waals surface area (Å²) in [4.78, 5) is 16.8.